The highest BCUT2D eigenvalue weighted by Crippen LogP contribution is 2.24. The number of ether oxygens (including phenoxy) is 1. The van der Waals surface area contributed by atoms with E-state index in [4.69, 9.17) is 4.74 Å². The summed E-state index contributed by atoms with van der Waals surface area (Å²) in [6.07, 6.45) is 3.08. The van der Waals surface area contributed by atoms with Crippen LogP contribution in [0.3, 0.4) is 0 Å². The van der Waals surface area contributed by atoms with E-state index >= 15 is 0 Å². The number of hydrogen-bond donors (Lipinski definition) is 1. The van der Waals surface area contributed by atoms with Crippen molar-refractivity contribution in [2.24, 2.45) is 0 Å². The van der Waals surface area contributed by atoms with Crippen LogP contribution in [0.25, 0.3) is 0 Å². The van der Waals surface area contributed by atoms with E-state index < -0.39 is 0 Å². The Hall–Kier alpha value is -1.07. The Balaban J connectivity index is 0.00000625. The predicted octanol–water partition coefficient (Wildman–Crippen LogP) is 0.884. The number of halogens is 1. The van der Waals surface area contributed by atoms with Gasteiger partial charge in [-0.15, -0.1) is 0 Å². The van der Waals surface area contributed by atoms with E-state index in [0.29, 0.717) is 23.6 Å². The molecule has 1 N–H and O–H groups in total. The molecule has 1 rings (SSSR count). The largest absolute Gasteiger partial charge is 1.00 e. The third-order valence-electron chi connectivity index (χ3n) is 4.47. The molecule has 0 atom stereocenters. The highest BCUT2D eigenvalue weighted by molar-refractivity contribution is 5.76. The third-order valence-corrected chi connectivity index (χ3v) is 4.47. The number of benzene rings is 1. The maximum absolute atomic E-state index is 12.0. The quantitative estimate of drug-likeness (QED) is 0.419. The first-order valence-electron chi connectivity index (χ1n) is 9.57. The first-order chi connectivity index (χ1) is 11.7. The van der Waals surface area contributed by atoms with Crippen molar-refractivity contribution in [2.45, 2.75) is 52.9 Å². The van der Waals surface area contributed by atoms with Crippen LogP contribution in [-0.2, 0) is 4.79 Å². The number of likely N-dealkylation sites (N-methyl/N-ethyl adjacent to an activating group) is 1. The molecule has 0 aromatic heterocycles. The maximum atomic E-state index is 12.0. The van der Waals surface area contributed by atoms with E-state index in [1.54, 1.807) is 0 Å². The van der Waals surface area contributed by atoms with Gasteiger partial charge in [-0.05, 0) is 36.5 Å². The molecular weight excluding hydrogens is 392 g/mol. The van der Waals surface area contributed by atoms with Crippen molar-refractivity contribution in [3.63, 3.8) is 0 Å². The van der Waals surface area contributed by atoms with Crippen LogP contribution in [0.15, 0.2) is 18.2 Å². The number of nitrogens with zero attached hydrogens (tertiary/aromatic N) is 1. The Morgan fingerprint density at radius 2 is 1.92 bits per heavy atom. The minimum Gasteiger partial charge on any atom is -1.00 e. The van der Waals surface area contributed by atoms with E-state index in [1.807, 2.05) is 0 Å². The molecule has 0 spiro atoms. The lowest BCUT2D eigenvalue weighted by molar-refractivity contribution is -0.882. The minimum atomic E-state index is 0. The molecule has 1 amide bonds. The lowest BCUT2D eigenvalue weighted by atomic mass is 10.0. The number of hydrogen-bond acceptors (Lipinski definition) is 2. The zero-order chi connectivity index (χ0) is 18.9. The Kier molecular flexibility index (Phi) is 11.8. The second-order valence-corrected chi connectivity index (χ2v) is 7.90. The zero-order valence-corrected chi connectivity index (χ0v) is 19.0. The number of unbranched alkanes of at least 4 members (excludes halogenated alkanes) is 1. The first-order valence-corrected chi connectivity index (χ1v) is 9.57. The molecule has 0 aliphatic rings. The minimum absolute atomic E-state index is 0. The molecule has 26 heavy (non-hydrogen) atoms. The number of rotatable bonds is 11. The lowest BCUT2D eigenvalue weighted by Gasteiger charge is -2.29. The second kappa shape index (κ2) is 12.3. The summed E-state index contributed by atoms with van der Waals surface area (Å²) < 4.78 is 6.68. The lowest BCUT2D eigenvalue weighted by Crippen LogP contribution is -3.00. The van der Waals surface area contributed by atoms with Gasteiger partial charge in [0.2, 0.25) is 0 Å². The van der Waals surface area contributed by atoms with Gasteiger partial charge in [0.15, 0.2) is 6.54 Å². The average Bonchev–Trinajstić information content (AvgIpc) is 2.52. The van der Waals surface area contributed by atoms with E-state index in [9.17, 15) is 4.79 Å². The molecule has 5 heteroatoms. The Bertz CT molecular complexity index is 545. The van der Waals surface area contributed by atoms with Crippen molar-refractivity contribution in [3.05, 3.63) is 29.3 Å². The fraction of sp³-hybridized carbons (Fsp3) is 0.667. The van der Waals surface area contributed by atoms with Gasteiger partial charge >= 0.3 is 0 Å². The highest BCUT2D eigenvalue weighted by Gasteiger charge is 2.19. The smallest absolute Gasteiger partial charge is 0.275 e. The van der Waals surface area contributed by atoms with Crippen LogP contribution in [-0.4, -0.2) is 50.7 Å². The number of aryl methyl sites for hydroxylation is 1. The molecule has 150 valence electrons. The molecule has 4 nitrogen and oxygen atoms in total. The third kappa shape index (κ3) is 9.58. The molecule has 1 aromatic rings. The molecule has 0 saturated carbocycles. The van der Waals surface area contributed by atoms with Gasteiger partial charge < -0.3 is 31.5 Å². The van der Waals surface area contributed by atoms with Crippen LogP contribution in [0, 0.1) is 6.92 Å². The van der Waals surface area contributed by atoms with Gasteiger partial charge in [-0.25, -0.2) is 0 Å². The van der Waals surface area contributed by atoms with Crippen molar-refractivity contribution >= 4 is 5.91 Å². The Morgan fingerprint density at radius 1 is 1.23 bits per heavy atom. The molecule has 0 bridgehead atoms. The van der Waals surface area contributed by atoms with Gasteiger partial charge in [-0.3, -0.25) is 4.79 Å². The van der Waals surface area contributed by atoms with E-state index in [-0.39, 0.29) is 22.9 Å². The van der Waals surface area contributed by atoms with Crippen molar-refractivity contribution in [2.75, 3.05) is 40.3 Å². The number of carbonyl (C=O) groups is 1. The van der Waals surface area contributed by atoms with Crippen molar-refractivity contribution < 1.29 is 31.0 Å². The second-order valence-electron chi connectivity index (χ2n) is 7.90. The van der Waals surface area contributed by atoms with Gasteiger partial charge in [0, 0.05) is 13.0 Å². The van der Waals surface area contributed by atoms with Gasteiger partial charge in [0.05, 0.1) is 27.2 Å². The summed E-state index contributed by atoms with van der Waals surface area (Å²) in [7, 11) is 4.20. The number of quaternary nitrogens is 1. The summed E-state index contributed by atoms with van der Waals surface area (Å²) in [6, 6.07) is 6.45. The molecule has 0 aliphatic heterocycles. The molecule has 0 heterocycles. The van der Waals surface area contributed by atoms with Gasteiger partial charge in [0.25, 0.3) is 5.91 Å². The monoisotopic (exact) mass is 428 g/mol. The fourth-order valence-electron chi connectivity index (χ4n) is 2.73. The average molecular weight is 429 g/mol. The molecule has 0 unspecified atom stereocenters. The molecule has 0 saturated heterocycles. The SMILES string of the molecule is CCCCNC(=O)C[N+](C)(C)CCCOc1cc(C(C)C)ccc1C.[Br-]. The highest BCUT2D eigenvalue weighted by atomic mass is 79.9. The molecule has 1 aromatic carbocycles. The van der Waals surface area contributed by atoms with Gasteiger partial charge in [-0.1, -0.05) is 39.3 Å². The van der Waals surface area contributed by atoms with Crippen LogP contribution in [0.2, 0.25) is 0 Å². The molecular formula is C21H37BrN2O2. The number of nitrogens with one attached hydrogen (secondary N) is 1. The van der Waals surface area contributed by atoms with Gasteiger partial charge in [0.1, 0.15) is 5.75 Å². The maximum Gasteiger partial charge on any atom is 0.275 e. The van der Waals surface area contributed by atoms with Crippen molar-refractivity contribution in [3.8, 4) is 5.75 Å². The Labute approximate surface area is 170 Å². The normalized spacial score (nSPS) is 11.2. The number of amides is 1. The van der Waals surface area contributed by atoms with Crippen LogP contribution >= 0.6 is 0 Å². The summed E-state index contributed by atoms with van der Waals surface area (Å²) in [5.74, 6) is 1.62. The predicted molar refractivity (Wildman–Crippen MR) is 105 cm³/mol. The standard InChI is InChI=1S/C21H36N2O2.BrH/c1-7-8-12-22-21(24)16-23(5,6)13-9-14-25-20-15-19(17(2)3)11-10-18(20)4;/h10-11,15,17H,7-9,12-14,16H2,1-6H3;1H. The van der Waals surface area contributed by atoms with Crippen LogP contribution in [0.4, 0.5) is 0 Å². The van der Waals surface area contributed by atoms with Crippen molar-refractivity contribution in [1.29, 1.82) is 0 Å². The van der Waals surface area contributed by atoms with Crippen molar-refractivity contribution in [1.82, 2.24) is 5.32 Å². The van der Waals surface area contributed by atoms with Crippen LogP contribution in [0.1, 0.15) is 57.1 Å². The topological polar surface area (TPSA) is 38.3 Å². The Morgan fingerprint density at radius 3 is 2.54 bits per heavy atom. The first kappa shape index (κ1) is 24.9. The summed E-state index contributed by atoms with van der Waals surface area (Å²) in [6.45, 7) is 11.5. The fourth-order valence-corrected chi connectivity index (χ4v) is 2.73. The van der Waals surface area contributed by atoms with E-state index in [1.165, 1.54) is 11.1 Å². The summed E-state index contributed by atoms with van der Waals surface area (Å²) in [5.41, 5.74) is 2.48. The molecule has 0 fully saturated rings. The van der Waals surface area contributed by atoms with E-state index in [2.05, 4.69) is 65.3 Å². The van der Waals surface area contributed by atoms with E-state index in [0.717, 1.165) is 38.1 Å². The summed E-state index contributed by atoms with van der Waals surface area (Å²) in [5, 5.41) is 2.99. The zero-order valence-electron chi connectivity index (χ0n) is 17.4. The summed E-state index contributed by atoms with van der Waals surface area (Å²) in [4.78, 5) is 12.0. The van der Waals surface area contributed by atoms with Crippen LogP contribution in [0.5, 0.6) is 5.75 Å². The van der Waals surface area contributed by atoms with Crippen LogP contribution < -0.4 is 27.0 Å². The number of carbonyl (C=O) groups excluding carboxylic acids is 1. The summed E-state index contributed by atoms with van der Waals surface area (Å²) >= 11 is 0. The molecule has 0 aliphatic carbocycles. The molecule has 0 radical (unpaired) electrons. The van der Waals surface area contributed by atoms with Gasteiger partial charge in [-0.2, -0.15) is 0 Å².